The average Bonchev–Trinajstić information content (AvgIpc) is 3.02. The van der Waals surface area contributed by atoms with Crippen LogP contribution in [0.1, 0.15) is 10.5 Å². The van der Waals surface area contributed by atoms with Crippen LogP contribution in [0.15, 0.2) is 52.1 Å². The molecule has 0 bridgehead atoms. The molecule has 0 spiro atoms. The molecule has 2 heterocycles. The number of hydrogen-bond acceptors (Lipinski definition) is 4. The van der Waals surface area contributed by atoms with Crippen molar-refractivity contribution in [1.82, 2.24) is 25.4 Å². The summed E-state index contributed by atoms with van der Waals surface area (Å²) < 4.78 is 1.89. The monoisotopic (exact) mass is 389 g/mol. The van der Waals surface area contributed by atoms with Gasteiger partial charge in [0.2, 0.25) is 0 Å². The van der Waals surface area contributed by atoms with Crippen molar-refractivity contribution in [3.8, 4) is 0 Å². The Kier molecular flexibility index (Phi) is 4.43. The zero-order valence-corrected chi connectivity index (χ0v) is 13.8. The lowest BCUT2D eigenvalue weighted by molar-refractivity contribution is -0.122. The Morgan fingerprint density at radius 1 is 1.25 bits per heavy atom. The van der Waals surface area contributed by atoms with E-state index in [4.69, 9.17) is 0 Å². The molecule has 0 aliphatic heterocycles. The average molecular weight is 390 g/mol. The van der Waals surface area contributed by atoms with Crippen LogP contribution in [0.5, 0.6) is 0 Å². The Balaban J connectivity index is 1.66. The summed E-state index contributed by atoms with van der Waals surface area (Å²) in [5.74, 6) is -1.05. The van der Waals surface area contributed by atoms with E-state index < -0.39 is 11.8 Å². The second kappa shape index (κ2) is 6.67. The van der Waals surface area contributed by atoms with Gasteiger partial charge < -0.3 is 4.98 Å². The fourth-order valence-electron chi connectivity index (χ4n) is 2.11. The van der Waals surface area contributed by atoms with Crippen molar-refractivity contribution in [2.24, 2.45) is 0 Å². The molecule has 0 radical (unpaired) electrons. The SMILES string of the molecule is O=C(Cn1cnc2ccccc2c1=O)NNC(=O)c1cc(Br)c[nH]1. The van der Waals surface area contributed by atoms with Crippen molar-refractivity contribution in [2.75, 3.05) is 0 Å². The molecule has 3 rings (SSSR count). The summed E-state index contributed by atoms with van der Waals surface area (Å²) in [5.41, 5.74) is 5.04. The number of hydrazine groups is 1. The lowest BCUT2D eigenvalue weighted by Crippen LogP contribution is -2.44. The Morgan fingerprint density at radius 2 is 2.04 bits per heavy atom. The molecule has 0 aliphatic carbocycles. The van der Waals surface area contributed by atoms with Crippen LogP contribution in [0, 0.1) is 0 Å². The van der Waals surface area contributed by atoms with E-state index in [9.17, 15) is 14.4 Å². The minimum absolute atomic E-state index is 0.259. The number of aromatic nitrogens is 3. The van der Waals surface area contributed by atoms with Gasteiger partial charge >= 0.3 is 0 Å². The molecular formula is C15H12BrN5O3. The van der Waals surface area contributed by atoms with Gasteiger partial charge in [0.15, 0.2) is 0 Å². The maximum Gasteiger partial charge on any atom is 0.286 e. The lowest BCUT2D eigenvalue weighted by atomic mass is 10.2. The highest BCUT2D eigenvalue weighted by atomic mass is 79.9. The standard InChI is InChI=1S/C15H12BrN5O3/c16-9-5-12(17-6-9)14(23)20-19-13(22)7-21-8-18-11-4-2-1-3-10(11)15(21)24/h1-6,8,17H,7H2,(H,19,22)(H,20,23). The van der Waals surface area contributed by atoms with E-state index in [1.54, 1.807) is 36.5 Å². The number of hydrogen-bond donors (Lipinski definition) is 3. The Bertz CT molecular complexity index is 978. The topological polar surface area (TPSA) is 109 Å². The first-order valence-electron chi connectivity index (χ1n) is 6.92. The second-order valence-corrected chi connectivity index (χ2v) is 5.84. The maximum absolute atomic E-state index is 12.3. The molecule has 1 aromatic carbocycles. The molecule has 0 saturated heterocycles. The molecule has 3 N–H and O–H groups in total. The third kappa shape index (κ3) is 3.35. The zero-order chi connectivity index (χ0) is 17.1. The van der Waals surface area contributed by atoms with E-state index in [0.717, 1.165) is 0 Å². The first-order chi connectivity index (χ1) is 11.5. The molecule has 0 aliphatic rings. The van der Waals surface area contributed by atoms with E-state index in [2.05, 4.69) is 36.7 Å². The second-order valence-electron chi connectivity index (χ2n) is 4.93. The molecular weight excluding hydrogens is 378 g/mol. The number of H-pyrrole nitrogens is 1. The van der Waals surface area contributed by atoms with Gasteiger partial charge in [-0.1, -0.05) is 12.1 Å². The van der Waals surface area contributed by atoms with Gasteiger partial charge in [-0.2, -0.15) is 0 Å². The molecule has 8 nitrogen and oxygen atoms in total. The molecule has 122 valence electrons. The molecule has 3 aromatic rings. The number of aromatic amines is 1. The van der Waals surface area contributed by atoms with Gasteiger partial charge in [0, 0.05) is 10.7 Å². The predicted molar refractivity (Wildman–Crippen MR) is 90.1 cm³/mol. The largest absolute Gasteiger partial charge is 0.356 e. The van der Waals surface area contributed by atoms with Crippen molar-refractivity contribution in [3.05, 3.63) is 63.4 Å². The summed E-state index contributed by atoms with van der Waals surface area (Å²) in [5, 5.41) is 0.424. The lowest BCUT2D eigenvalue weighted by Gasteiger charge is -2.08. The Hall–Kier alpha value is -2.94. The highest BCUT2D eigenvalue weighted by Gasteiger charge is 2.11. The molecule has 0 unspecified atom stereocenters. The number of rotatable bonds is 3. The summed E-state index contributed by atoms with van der Waals surface area (Å²) >= 11 is 3.21. The number of nitrogens with zero attached hydrogens (tertiary/aromatic N) is 2. The molecule has 0 atom stereocenters. The summed E-state index contributed by atoms with van der Waals surface area (Å²) in [6, 6.07) is 8.43. The smallest absolute Gasteiger partial charge is 0.286 e. The van der Waals surface area contributed by atoms with Crippen LogP contribution in [0.25, 0.3) is 10.9 Å². The van der Waals surface area contributed by atoms with Crippen LogP contribution in [0.4, 0.5) is 0 Å². The maximum atomic E-state index is 12.3. The fraction of sp³-hybridized carbons (Fsp3) is 0.0667. The third-order valence-electron chi connectivity index (χ3n) is 3.25. The third-order valence-corrected chi connectivity index (χ3v) is 3.71. The molecule has 24 heavy (non-hydrogen) atoms. The number of amides is 2. The minimum atomic E-state index is -0.548. The van der Waals surface area contributed by atoms with E-state index in [0.29, 0.717) is 15.4 Å². The zero-order valence-electron chi connectivity index (χ0n) is 12.2. The summed E-state index contributed by atoms with van der Waals surface area (Å²) in [6.07, 6.45) is 2.89. The van der Waals surface area contributed by atoms with Crippen LogP contribution in [-0.4, -0.2) is 26.3 Å². The van der Waals surface area contributed by atoms with E-state index in [-0.39, 0.29) is 17.8 Å². The number of benzene rings is 1. The van der Waals surface area contributed by atoms with E-state index in [1.807, 2.05) is 0 Å². The van der Waals surface area contributed by atoms with Gasteiger partial charge in [0.05, 0.1) is 17.2 Å². The van der Waals surface area contributed by atoms with Crippen LogP contribution in [-0.2, 0) is 11.3 Å². The fourth-order valence-corrected chi connectivity index (χ4v) is 2.45. The van der Waals surface area contributed by atoms with Gasteiger partial charge in [-0.3, -0.25) is 29.8 Å². The number of halogens is 1. The number of para-hydroxylation sites is 1. The first-order valence-corrected chi connectivity index (χ1v) is 7.71. The summed E-state index contributed by atoms with van der Waals surface area (Å²) in [4.78, 5) is 42.8. The van der Waals surface area contributed by atoms with Crippen molar-refractivity contribution >= 4 is 38.6 Å². The molecule has 0 fully saturated rings. The van der Waals surface area contributed by atoms with Crippen molar-refractivity contribution in [3.63, 3.8) is 0 Å². The van der Waals surface area contributed by atoms with Gasteiger partial charge in [-0.05, 0) is 34.1 Å². The molecule has 9 heteroatoms. The van der Waals surface area contributed by atoms with Crippen molar-refractivity contribution in [1.29, 1.82) is 0 Å². The number of carbonyl (C=O) groups is 2. The number of fused-ring (bicyclic) bond motifs is 1. The van der Waals surface area contributed by atoms with Crippen LogP contribution < -0.4 is 16.4 Å². The normalized spacial score (nSPS) is 10.5. The molecule has 2 aromatic heterocycles. The minimum Gasteiger partial charge on any atom is -0.356 e. The Labute approximate surface area is 144 Å². The van der Waals surface area contributed by atoms with Gasteiger partial charge in [0.1, 0.15) is 12.2 Å². The number of carbonyl (C=O) groups excluding carboxylic acids is 2. The quantitative estimate of drug-likeness (QED) is 0.579. The van der Waals surface area contributed by atoms with Crippen LogP contribution >= 0.6 is 15.9 Å². The van der Waals surface area contributed by atoms with Crippen LogP contribution in [0.3, 0.4) is 0 Å². The predicted octanol–water partition coefficient (Wildman–Crippen LogP) is 0.948. The van der Waals surface area contributed by atoms with Gasteiger partial charge in [0.25, 0.3) is 17.4 Å². The van der Waals surface area contributed by atoms with Gasteiger partial charge in [-0.15, -0.1) is 0 Å². The first kappa shape index (κ1) is 15.9. The Morgan fingerprint density at radius 3 is 2.79 bits per heavy atom. The summed E-state index contributed by atoms with van der Waals surface area (Å²) in [6.45, 7) is -0.259. The highest BCUT2D eigenvalue weighted by molar-refractivity contribution is 9.10. The summed E-state index contributed by atoms with van der Waals surface area (Å²) in [7, 11) is 0. The highest BCUT2D eigenvalue weighted by Crippen LogP contribution is 2.10. The van der Waals surface area contributed by atoms with Crippen molar-refractivity contribution < 1.29 is 9.59 Å². The molecule has 2 amide bonds. The van der Waals surface area contributed by atoms with E-state index >= 15 is 0 Å². The van der Waals surface area contributed by atoms with E-state index in [1.165, 1.54) is 10.9 Å². The molecule has 0 saturated carbocycles. The number of nitrogens with one attached hydrogen (secondary N) is 3. The van der Waals surface area contributed by atoms with Gasteiger partial charge in [-0.25, -0.2) is 4.98 Å². The van der Waals surface area contributed by atoms with Crippen LogP contribution in [0.2, 0.25) is 0 Å². The van der Waals surface area contributed by atoms with Crippen molar-refractivity contribution in [2.45, 2.75) is 6.54 Å².